The molecule has 192 valence electrons. The van der Waals surface area contributed by atoms with Crippen molar-refractivity contribution in [2.45, 2.75) is 38.3 Å². The summed E-state index contributed by atoms with van der Waals surface area (Å²) < 4.78 is 63.0. The van der Waals surface area contributed by atoms with Crippen molar-refractivity contribution >= 4 is 15.9 Å². The molecule has 1 fully saturated rings. The highest BCUT2D eigenvalue weighted by Crippen LogP contribution is 2.43. The van der Waals surface area contributed by atoms with Gasteiger partial charge in [-0.2, -0.15) is 0 Å². The first-order valence-corrected chi connectivity index (χ1v) is 13.3. The maximum Gasteiger partial charge on any atom is 0.241 e. The predicted molar refractivity (Wildman–Crippen MR) is 130 cm³/mol. The number of rotatable bonds is 9. The van der Waals surface area contributed by atoms with E-state index in [4.69, 9.17) is 10.5 Å². The number of aryl methyl sites for hydroxylation is 1. The molecule has 1 heterocycles. The average Bonchev–Trinajstić information content (AvgIpc) is 3.37. The van der Waals surface area contributed by atoms with E-state index in [-0.39, 0.29) is 42.9 Å². The molecule has 0 saturated heterocycles. The Labute approximate surface area is 208 Å². The molecule has 1 aromatic heterocycles. The van der Waals surface area contributed by atoms with E-state index in [2.05, 4.69) is 9.82 Å². The second-order valence-electron chi connectivity index (χ2n) is 9.37. The third kappa shape index (κ3) is 5.73. The number of carbonyl (C=O) groups excluding carboxylic acids is 1. The number of primary amides is 1. The van der Waals surface area contributed by atoms with Gasteiger partial charge in [-0.15, -0.1) is 5.10 Å². The Morgan fingerprint density at radius 1 is 1.22 bits per heavy atom. The van der Waals surface area contributed by atoms with Gasteiger partial charge in [-0.05, 0) is 42.9 Å². The summed E-state index contributed by atoms with van der Waals surface area (Å²) in [6.45, 7) is 0.208. The molecule has 0 aliphatic heterocycles. The number of sulfonamides is 1. The number of halogens is 2. The third-order valence-corrected chi connectivity index (χ3v) is 7.24. The molecule has 0 unspecified atom stereocenters. The zero-order valence-corrected chi connectivity index (χ0v) is 20.8. The molecule has 2 aromatic carbocycles. The van der Waals surface area contributed by atoms with E-state index in [1.165, 1.54) is 10.7 Å². The van der Waals surface area contributed by atoms with Crippen LogP contribution in [0, 0.1) is 17.0 Å². The van der Waals surface area contributed by atoms with Crippen molar-refractivity contribution in [1.82, 2.24) is 14.5 Å². The molecule has 11 heteroatoms. The molecule has 0 radical (unpaired) electrons. The number of nitrogens with two attached hydrogens (primary N) is 1. The zero-order chi connectivity index (χ0) is 26.1. The van der Waals surface area contributed by atoms with Crippen LogP contribution in [0.5, 0.6) is 5.88 Å². The van der Waals surface area contributed by atoms with Gasteiger partial charge < -0.3 is 10.5 Å². The molecule has 1 saturated carbocycles. The summed E-state index contributed by atoms with van der Waals surface area (Å²) >= 11 is 0. The fourth-order valence-electron chi connectivity index (χ4n) is 4.79. The van der Waals surface area contributed by atoms with Crippen LogP contribution in [0.2, 0.25) is 0 Å². The van der Waals surface area contributed by atoms with Crippen LogP contribution in [0.3, 0.4) is 0 Å². The van der Waals surface area contributed by atoms with E-state index in [0.717, 1.165) is 17.9 Å². The van der Waals surface area contributed by atoms with Crippen molar-refractivity contribution in [3.8, 4) is 17.0 Å². The van der Waals surface area contributed by atoms with Crippen molar-refractivity contribution in [2.24, 2.45) is 18.2 Å². The van der Waals surface area contributed by atoms with Gasteiger partial charge in [0.25, 0.3) is 0 Å². The zero-order valence-electron chi connectivity index (χ0n) is 20.0. The Balaban J connectivity index is 1.64. The fraction of sp³-hybridized carbons (Fsp3) is 0.360. The number of aromatic nitrogens is 2. The van der Waals surface area contributed by atoms with Gasteiger partial charge in [0.05, 0.1) is 17.2 Å². The highest BCUT2D eigenvalue weighted by atomic mass is 32.2. The molecule has 1 aliphatic carbocycles. The summed E-state index contributed by atoms with van der Waals surface area (Å²) in [6.07, 6.45) is 3.30. The number of amides is 1. The number of carbonyl (C=O) groups is 1. The normalized spacial score (nSPS) is 19.9. The van der Waals surface area contributed by atoms with E-state index in [1.54, 1.807) is 13.2 Å². The van der Waals surface area contributed by atoms with Crippen LogP contribution in [0.15, 0.2) is 48.7 Å². The Hall–Kier alpha value is -3.31. The van der Waals surface area contributed by atoms with E-state index in [1.807, 2.05) is 30.3 Å². The molecule has 0 bridgehead atoms. The first-order chi connectivity index (χ1) is 17.0. The van der Waals surface area contributed by atoms with Gasteiger partial charge in [-0.1, -0.05) is 30.3 Å². The summed E-state index contributed by atoms with van der Waals surface area (Å²) in [5.74, 6) is -2.09. The Morgan fingerprint density at radius 3 is 2.61 bits per heavy atom. The van der Waals surface area contributed by atoms with Crippen molar-refractivity contribution in [2.75, 3.05) is 6.26 Å². The molecule has 1 aliphatic rings. The van der Waals surface area contributed by atoms with Gasteiger partial charge in [0.1, 0.15) is 18.2 Å². The summed E-state index contributed by atoms with van der Waals surface area (Å²) in [5, 5.41) is 4.28. The van der Waals surface area contributed by atoms with Crippen LogP contribution in [0.1, 0.15) is 30.4 Å². The molecule has 8 nitrogen and oxygen atoms in total. The predicted octanol–water partition coefficient (Wildman–Crippen LogP) is 3.06. The molecule has 3 aromatic rings. The highest BCUT2D eigenvalue weighted by molar-refractivity contribution is 7.88. The number of benzene rings is 2. The Kier molecular flexibility index (Phi) is 7.14. The largest absolute Gasteiger partial charge is 0.471 e. The minimum Gasteiger partial charge on any atom is -0.471 e. The molecule has 3 N–H and O–H groups in total. The van der Waals surface area contributed by atoms with Gasteiger partial charge >= 0.3 is 0 Å². The van der Waals surface area contributed by atoms with Crippen LogP contribution in [0.25, 0.3) is 11.1 Å². The van der Waals surface area contributed by atoms with Crippen molar-refractivity contribution in [3.05, 3.63) is 71.4 Å². The van der Waals surface area contributed by atoms with Gasteiger partial charge in [-0.25, -0.2) is 21.9 Å². The number of ether oxygens (including phenoxy) is 1. The summed E-state index contributed by atoms with van der Waals surface area (Å²) in [5.41, 5.74) is 5.96. The lowest BCUT2D eigenvalue weighted by atomic mass is 9.78. The standard InChI is InChI=1S/C25H28F2N4O4S/c1-31-14-20(23(29-31)35-15-16-6-4-3-5-7-16)19-10-17(21(26)11-22(19)27)12-25(24(28)32)9-8-18(13-25)30-36(2,33)34/h3-7,10-11,14,18,30H,8-9,12-13,15H2,1-2H3,(H2,28,32)/t18-,25+/m0/s1. The topological polar surface area (TPSA) is 116 Å². The number of nitrogens with one attached hydrogen (secondary N) is 1. The lowest BCUT2D eigenvalue weighted by molar-refractivity contribution is -0.127. The number of hydrogen-bond acceptors (Lipinski definition) is 5. The molecule has 1 amide bonds. The summed E-state index contributed by atoms with van der Waals surface area (Å²) in [6, 6.07) is 11.0. The van der Waals surface area contributed by atoms with Crippen molar-refractivity contribution in [1.29, 1.82) is 0 Å². The molecular weight excluding hydrogens is 490 g/mol. The fourth-order valence-corrected chi connectivity index (χ4v) is 5.59. The highest BCUT2D eigenvalue weighted by Gasteiger charge is 2.45. The van der Waals surface area contributed by atoms with Gasteiger partial charge in [-0.3, -0.25) is 9.48 Å². The first-order valence-electron chi connectivity index (χ1n) is 11.4. The molecule has 36 heavy (non-hydrogen) atoms. The minimum absolute atomic E-state index is 0.0750. The van der Waals surface area contributed by atoms with E-state index in [0.29, 0.717) is 12.0 Å². The van der Waals surface area contributed by atoms with Crippen LogP contribution in [0.4, 0.5) is 8.78 Å². The SMILES string of the molecule is Cn1cc(-c2cc(C[C@]3(C(N)=O)CC[C@H](NS(C)(=O)=O)C3)c(F)cc2F)c(OCc2ccccc2)n1. The Morgan fingerprint density at radius 2 is 1.94 bits per heavy atom. The second-order valence-corrected chi connectivity index (χ2v) is 11.2. The maximum atomic E-state index is 15.0. The van der Waals surface area contributed by atoms with Crippen LogP contribution in [-0.4, -0.2) is 36.4 Å². The third-order valence-electron chi connectivity index (χ3n) is 6.48. The Bertz CT molecular complexity index is 1380. The minimum atomic E-state index is -3.49. The first kappa shape index (κ1) is 25.8. The van der Waals surface area contributed by atoms with Crippen LogP contribution < -0.4 is 15.2 Å². The molecule has 2 atom stereocenters. The molecular formula is C25H28F2N4O4S. The molecule has 4 rings (SSSR count). The van der Waals surface area contributed by atoms with E-state index < -0.39 is 39.0 Å². The number of hydrogen-bond donors (Lipinski definition) is 2. The quantitative estimate of drug-likeness (QED) is 0.452. The van der Waals surface area contributed by atoms with Crippen LogP contribution >= 0.6 is 0 Å². The van der Waals surface area contributed by atoms with Crippen molar-refractivity contribution < 1.29 is 26.7 Å². The van der Waals surface area contributed by atoms with Crippen LogP contribution in [-0.2, 0) is 34.9 Å². The van der Waals surface area contributed by atoms with Gasteiger partial charge in [0.2, 0.25) is 21.8 Å². The average molecular weight is 519 g/mol. The number of nitrogens with zero attached hydrogens (tertiary/aromatic N) is 2. The maximum absolute atomic E-state index is 15.0. The van der Waals surface area contributed by atoms with E-state index in [9.17, 15) is 22.0 Å². The monoisotopic (exact) mass is 518 g/mol. The second kappa shape index (κ2) is 9.98. The lowest BCUT2D eigenvalue weighted by Gasteiger charge is -2.26. The van der Waals surface area contributed by atoms with Gasteiger partial charge in [0.15, 0.2) is 0 Å². The smallest absolute Gasteiger partial charge is 0.241 e. The van der Waals surface area contributed by atoms with E-state index >= 15 is 0 Å². The summed E-state index contributed by atoms with van der Waals surface area (Å²) in [4.78, 5) is 12.5. The van der Waals surface area contributed by atoms with Crippen molar-refractivity contribution in [3.63, 3.8) is 0 Å². The lowest BCUT2D eigenvalue weighted by Crippen LogP contribution is -2.40. The molecule has 0 spiro atoms. The summed E-state index contributed by atoms with van der Waals surface area (Å²) in [7, 11) is -1.83. The van der Waals surface area contributed by atoms with Gasteiger partial charge in [0, 0.05) is 30.9 Å².